The SMILES string of the molecule is CCc1cc2c(nc1OC)CNCCC2C. The van der Waals surface area contributed by atoms with Gasteiger partial charge in [-0.15, -0.1) is 0 Å². The van der Waals surface area contributed by atoms with Crippen LogP contribution in [0.3, 0.4) is 0 Å². The number of aryl methyl sites for hydroxylation is 1. The van der Waals surface area contributed by atoms with Crippen molar-refractivity contribution in [3.8, 4) is 5.88 Å². The minimum Gasteiger partial charge on any atom is -0.481 e. The van der Waals surface area contributed by atoms with E-state index in [1.165, 1.54) is 17.5 Å². The molecule has 1 aromatic rings. The minimum absolute atomic E-state index is 0.591. The van der Waals surface area contributed by atoms with Crippen LogP contribution >= 0.6 is 0 Å². The summed E-state index contributed by atoms with van der Waals surface area (Å²) in [5.41, 5.74) is 3.76. The summed E-state index contributed by atoms with van der Waals surface area (Å²) >= 11 is 0. The average molecular weight is 220 g/mol. The van der Waals surface area contributed by atoms with E-state index in [1.54, 1.807) is 7.11 Å². The summed E-state index contributed by atoms with van der Waals surface area (Å²) < 4.78 is 5.34. The van der Waals surface area contributed by atoms with Crippen molar-refractivity contribution < 1.29 is 4.74 Å². The Kier molecular flexibility index (Phi) is 3.44. The highest BCUT2D eigenvalue weighted by molar-refractivity contribution is 5.37. The lowest BCUT2D eigenvalue weighted by atomic mass is 9.95. The lowest BCUT2D eigenvalue weighted by Crippen LogP contribution is -2.13. The van der Waals surface area contributed by atoms with Crippen LogP contribution in [0, 0.1) is 0 Å². The van der Waals surface area contributed by atoms with Gasteiger partial charge in [-0.3, -0.25) is 0 Å². The zero-order valence-electron chi connectivity index (χ0n) is 10.3. The van der Waals surface area contributed by atoms with Crippen LogP contribution in [0.1, 0.15) is 43.0 Å². The molecule has 1 unspecified atom stereocenters. The van der Waals surface area contributed by atoms with Crippen molar-refractivity contribution in [2.45, 2.75) is 39.2 Å². The van der Waals surface area contributed by atoms with E-state index >= 15 is 0 Å². The van der Waals surface area contributed by atoms with Gasteiger partial charge in [0.2, 0.25) is 5.88 Å². The predicted octanol–water partition coefficient (Wildman–Crippen LogP) is 2.25. The van der Waals surface area contributed by atoms with Gasteiger partial charge in [-0.05, 0) is 36.9 Å². The van der Waals surface area contributed by atoms with Gasteiger partial charge < -0.3 is 10.1 Å². The Morgan fingerprint density at radius 2 is 2.38 bits per heavy atom. The molecule has 0 saturated carbocycles. The largest absolute Gasteiger partial charge is 0.481 e. The molecule has 2 heterocycles. The maximum atomic E-state index is 5.34. The Hall–Kier alpha value is -1.09. The highest BCUT2D eigenvalue weighted by atomic mass is 16.5. The Morgan fingerprint density at radius 1 is 1.56 bits per heavy atom. The summed E-state index contributed by atoms with van der Waals surface area (Å²) in [4.78, 5) is 4.63. The molecule has 0 radical (unpaired) electrons. The van der Waals surface area contributed by atoms with Crippen molar-refractivity contribution in [2.75, 3.05) is 13.7 Å². The number of nitrogens with zero attached hydrogens (tertiary/aromatic N) is 1. The Morgan fingerprint density at radius 3 is 3.06 bits per heavy atom. The van der Waals surface area contributed by atoms with Gasteiger partial charge in [-0.1, -0.05) is 13.8 Å². The van der Waals surface area contributed by atoms with Crippen molar-refractivity contribution in [1.29, 1.82) is 0 Å². The lowest BCUT2D eigenvalue weighted by molar-refractivity contribution is 0.390. The molecule has 88 valence electrons. The van der Waals surface area contributed by atoms with Gasteiger partial charge in [0, 0.05) is 12.1 Å². The van der Waals surface area contributed by atoms with Crippen molar-refractivity contribution in [1.82, 2.24) is 10.3 Å². The second-order valence-electron chi connectivity index (χ2n) is 4.41. The molecule has 0 spiro atoms. The molecule has 16 heavy (non-hydrogen) atoms. The summed E-state index contributed by atoms with van der Waals surface area (Å²) in [6, 6.07) is 2.28. The monoisotopic (exact) mass is 220 g/mol. The van der Waals surface area contributed by atoms with Gasteiger partial charge in [0.1, 0.15) is 0 Å². The minimum atomic E-state index is 0.591. The summed E-state index contributed by atoms with van der Waals surface area (Å²) in [6.07, 6.45) is 2.16. The van der Waals surface area contributed by atoms with E-state index in [1.807, 2.05) is 0 Å². The molecule has 2 rings (SSSR count). The van der Waals surface area contributed by atoms with Crippen LogP contribution in [-0.4, -0.2) is 18.6 Å². The molecule has 3 heteroatoms. The molecule has 0 bridgehead atoms. The lowest BCUT2D eigenvalue weighted by Gasteiger charge is -2.15. The smallest absolute Gasteiger partial charge is 0.216 e. The van der Waals surface area contributed by atoms with Crippen molar-refractivity contribution in [3.63, 3.8) is 0 Å². The second-order valence-corrected chi connectivity index (χ2v) is 4.41. The topological polar surface area (TPSA) is 34.1 Å². The fraction of sp³-hybridized carbons (Fsp3) is 0.615. The fourth-order valence-corrected chi connectivity index (χ4v) is 2.27. The molecule has 0 amide bonds. The molecule has 1 atom stereocenters. The first-order valence-corrected chi connectivity index (χ1v) is 6.03. The number of methoxy groups -OCH3 is 1. The average Bonchev–Trinajstić information content (AvgIpc) is 2.49. The maximum absolute atomic E-state index is 5.34. The maximum Gasteiger partial charge on any atom is 0.216 e. The van der Waals surface area contributed by atoms with Crippen LogP contribution in [0.25, 0.3) is 0 Å². The number of aromatic nitrogens is 1. The number of ether oxygens (including phenoxy) is 1. The zero-order valence-corrected chi connectivity index (χ0v) is 10.3. The molecule has 1 aliphatic rings. The molecule has 3 nitrogen and oxygen atoms in total. The van der Waals surface area contributed by atoms with Gasteiger partial charge >= 0.3 is 0 Å². The molecule has 0 saturated heterocycles. The Balaban J connectivity index is 2.47. The number of hydrogen-bond acceptors (Lipinski definition) is 3. The number of nitrogens with one attached hydrogen (secondary N) is 1. The van der Waals surface area contributed by atoms with Crippen molar-refractivity contribution >= 4 is 0 Å². The number of fused-ring (bicyclic) bond motifs is 1. The van der Waals surface area contributed by atoms with E-state index in [2.05, 4.69) is 30.2 Å². The zero-order chi connectivity index (χ0) is 11.5. The molecule has 1 aliphatic heterocycles. The van der Waals surface area contributed by atoms with Crippen LogP contribution in [0.15, 0.2) is 6.07 Å². The first kappa shape index (κ1) is 11.4. The molecule has 0 fully saturated rings. The van der Waals surface area contributed by atoms with E-state index < -0.39 is 0 Å². The quantitative estimate of drug-likeness (QED) is 0.830. The van der Waals surface area contributed by atoms with Crippen LogP contribution in [0.2, 0.25) is 0 Å². The second kappa shape index (κ2) is 4.83. The van der Waals surface area contributed by atoms with Crippen LogP contribution in [-0.2, 0) is 13.0 Å². The van der Waals surface area contributed by atoms with Gasteiger partial charge in [0.05, 0.1) is 12.8 Å². The molecule has 0 aromatic carbocycles. The molecular weight excluding hydrogens is 200 g/mol. The van der Waals surface area contributed by atoms with E-state index in [0.717, 1.165) is 31.1 Å². The van der Waals surface area contributed by atoms with E-state index in [0.29, 0.717) is 5.92 Å². The third kappa shape index (κ3) is 2.05. The third-order valence-corrected chi connectivity index (χ3v) is 3.33. The predicted molar refractivity (Wildman–Crippen MR) is 64.9 cm³/mol. The molecular formula is C13H20N2O. The summed E-state index contributed by atoms with van der Waals surface area (Å²) in [5.74, 6) is 1.38. The molecule has 1 N–H and O–H groups in total. The van der Waals surface area contributed by atoms with Gasteiger partial charge in [0.15, 0.2) is 0 Å². The third-order valence-electron chi connectivity index (χ3n) is 3.33. The Bertz CT molecular complexity index is 376. The highest BCUT2D eigenvalue weighted by Crippen LogP contribution is 2.29. The Labute approximate surface area is 97.2 Å². The fourth-order valence-electron chi connectivity index (χ4n) is 2.27. The van der Waals surface area contributed by atoms with Crippen LogP contribution in [0.4, 0.5) is 0 Å². The van der Waals surface area contributed by atoms with Crippen molar-refractivity contribution in [2.24, 2.45) is 0 Å². The van der Waals surface area contributed by atoms with Gasteiger partial charge in [-0.2, -0.15) is 0 Å². The number of hydrogen-bond donors (Lipinski definition) is 1. The molecule has 0 aliphatic carbocycles. The number of rotatable bonds is 2. The highest BCUT2D eigenvalue weighted by Gasteiger charge is 2.18. The first-order chi connectivity index (χ1) is 7.76. The first-order valence-electron chi connectivity index (χ1n) is 6.03. The van der Waals surface area contributed by atoms with Gasteiger partial charge in [-0.25, -0.2) is 4.98 Å². The van der Waals surface area contributed by atoms with Crippen LogP contribution in [0.5, 0.6) is 5.88 Å². The molecule has 1 aromatic heterocycles. The summed E-state index contributed by atoms with van der Waals surface area (Å²) in [5, 5.41) is 3.40. The van der Waals surface area contributed by atoms with E-state index in [9.17, 15) is 0 Å². The summed E-state index contributed by atoms with van der Waals surface area (Å²) in [7, 11) is 1.70. The van der Waals surface area contributed by atoms with Gasteiger partial charge in [0.25, 0.3) is 0 Å². The van der Waals surface area contributed by atoms with E-state index in [4.69, 9.17) is 4.74 Å². The summed E-state index contributed by atoms with van der Waals surface area (Å²) in [6.45, 7) is 6.35. The number of pyridine rings is 1. The standard InChI is InChI=1S/C13H20N2O/c1-4-10-7-11-9(2)5-6-14-8-12(11)15-13(10)16-3/h7,9,14H,4-6,8H2,1-3H3. The normalized spacial score (nSPS) is 20.1. The van der Waals surface area contributed by atoms with E-state index in [-0.39, 0.29) is 0 Å². The van der Waals surface area contributed by atoms with Crippen LogP contribution < -0.4 is 10.1 Å². The van der Waals surface area contributed by atoms with Crippen molar-refractivity contribution in [3.05, 3.63) is 22.9 Å².